The van der Waals surface area contributed by atoms with Crippen LogP contribution in [0.15, 0.2) is 6.20 Å². The Labute approximate surface area is 122 Å². The van der Waals surface area contributed by atoms with Gasteiger partial charge in [0, 0.05) is 12.6 Å². The van der Waals surface area contributed by atoms with Gasteiger partial charge in [0.1, 0.15) is 5.82 Å². The van der Waals surface area contributed by atoms with E-state index in [-0.39, 0.29) is 6.42 Å². The molecule has 4 nitrogen and oxygen atoms in total. The second-order valence-electron chi connectivity index (χ2n) is 5.49. The van der Waals surface area contributed by atoms with Gasteiger partial charge in [0.2, 0.25) is 0 Å². The maximum absolute atomic E-state index is 10.6. The number of aryl methyl sites for hydroxylation is 1. The summed E-state index contributed by atoms with van der Waals surface area (Å²) in [4.78, 5) is 17.9. The van der Waals surface area contributed by atoms with Crippen molar-refractivity contribution in [1.82, 2.24) is 9.97 Å². The number of carboxylic acids is 1. The minimum Gasteiger partial charge on any atom is -0.481 e. The predicted molar refractivity (Wildman–Crippen MR) is 80.9 cm³/mol. The lowest BCUT2D eigenvalue weighted by Gasteiger charge is -2.01. The zero-order valence-corrected chi connectivity index (χ0v) is 12.7. The number of imidazole rings is 1. The Kier molecular flexibility index (Phi) is 8.76. The van der Waals surface area contributed by atoms with E-state index in [0.717, 1.165) is 18.7 Å². The third-order valence-electron chi connectivity index (χ3n) is 3.53. The van der Waals surface area contributed by atoms with Crippen LogP contribution in [-0.4, -0.2) is 21.0 Å². The van der Waals surface area contributed by atoms with Crippen LogP contribution in [0, 0.1) is 0 Å². The van der Waals surface area contributed by atoms with Gasteiger partial charge in [-0.1, -0.05) is 58.3 Å². The summed E-state index contributed by atoms with van der Waals surface area (Å²) in [6, 6.07) is 0. The van der Waals surface area contributed by atoms with E-state index in [4.69, 9.17) is 5.11 Å². The first-order chi connectivity index (χ1) is 9.72. The number of H-pyrrole nitrogens is 1. The molecule has 2 N–H and O–H groups in total. The van der Waals surface area contributed by atoms with Crippen LogP contribution in [0.4, 0.5) is 0 Å². The number of aliphatic carboxylic acids is 1. The topological polar surface area (TPSA) is 66.0 Å². The Bertz CT molecular complexity index is 374. The monoisotopic (exact) mass is 280 g/mol. The zero-order chi connectivity index (χ0) is 14.6. The molecule has 1 aromatic heterocycles. The summed E-state index contributed by atoms with van der Waals surface area (Å²) < 4.78 is 0. The van der Waals surface area contributed by atoms with Gasteiger partial charge in [0.25, 0.3) is 0 Å². The number of hydrogen-bond acceptors (Lipinski definition) is 2. The largest absolute Gasteiger partial charge is 0.481 e. The second kappa shape index (κ2) is 10.5. The molecular weight excluding hydrogens is 252 g/mol. The van der Waals surface area contributed by atoms with Crippen molar-refractivity contribution in [3.63, 3.8) is 0 Å². The van der Waals surface area contributed by atoms with E-state index in [9.17, 15) is 4.79 Å². The molecule has 0 spiro atoms. The van der Waals surface area contributed by atoms with Crippen molar-refractivity contribution < 1.29 is 9.90 Å². The van der Waals surface area contributed by atoms with Crippen molar-refractivity contribution >= 4 is 5.97 Å². The van der Waals surface area contributed by atoms with Crippen molar-refractivity contribution in [3.8, 4) is 0 Å². The van der Waals surface area contributed by atoms with E-state index < -0.39 is 5.97 Å². The maximum Gasteiger partial charge on any atom is 0.309 e. The summed E-state index contributed by atoms with van der Waals surface area (Å²) in [5, 5.41) is 8.67. The molecule has 0 saturated heterocycles. The predicted octanol–water partition coefficient (Wildman–Crippen LogP) is 4.11. The first-order valence-corrected chi connectivity index (χ1v) is 7.97. The molecule has 20 heavy (non-hydrogen) atoms. The van der Waals surface area contributed by atoms with Crippen LogP contribution >= 0.6 is 0 Å². The Morgan fingerprint density at radius 2 is 1.70 bits per heavy atom. The van der Waals surface area contributed by atoms with Crippen LogP contribution < -0.4 is 0 Å². The summed E-state index contributed by atoms with van der Waals surface area (Å²) in [5.74, 6) is 0.0929. The van der Waals surface area contributed by atoms with E-state index in [1.54, 1.807) is 6.20 Å². The molecule has 4 heteroatoms. The molecule has 0 fully saturated rings. The Morgan fingerprint density at radius 1 is 1.10 bits per heavy atom. The van der Waals surface area contributed by atoms with Gasteiger partial charge in [-0.2, -0.15) is 0 Å². The van der Waals surface area contributed by atoms with Crippen molar-refractivity contribution in [1.29, 1.82) is 0 Å². The summed E-state index contributed by atoms with van der Waals surface area (Å²) >= 11 is 0. The lowest BCUT2D eigenvalue weighted by Crippen LogP contribution is -2.00. The molecule has 0 aliphatic heterocycles. The fourth-order valence-electron chi connectivity index (χ4n) is 2.38. The molecule has 0 atom stereocenters. The summed E-state index contributed by atoms with van der Waals surface area (Å²) in [7, 11) is 0. The van der Waals surface area contributed by atoms with Crippen LogP contribution in [-0.2, 0) is 17.6 Å². The highest BCUT2D eigenvalue weighted by Crippen LogP contribution is 2.11. The molecule has 0 aromatic carbocycles. The van der Waals surface area contributed by atoms with Gasteiger partial charge in [0.15, 0.2) is 0 Å². The third kappa shape index (κ3) is 7.97. The highest BCUT2D eigenvalue weighted by molar-refractivity contribution is 5.69. The minimum absolute atomic E-state index is 0.00819. The number of aromatic nitrogens is 2. The Hall–Kier alpha value is -1.32. The lowest BCUT2D eigenvalue weighted by molar-refractivity contribution is -0.136. The molecule has 114 valence electrons. The second-order valence-corrected chi connectivity index (χ2v) is 5.49. The third-order valence-corrected chi connectivity index (χ3v) is 3.53. The van der Waals surface area contributed by atoms with E-state index in [2.05, 4.69) is 16.9 Å². The SMILES string of the molecule is CCCCCCCCCCCc1nc(CC(=O)O)c[nH]1. The number of nitrogens with one attached hydrogen (secondary N) is 1. The average Bonchev–Trinajstić information content (AvgIpc) is 2.83. The molecule has 0 aliphatic carbocycles. The molecule has 0 amide bonds. The molecule has 0 bridgehead atoms. The number of carboxylic acid groups (broad SMARTS) is 1. The molecule has 0 radical (unpaired) electrons. The van der Waals surface area contributed by atoms with Crippen molar-refractivity contribution in [2.45, 2.75) is 77.6 Å². The van der Waals surface area contributed by atoms with Gasteiger partial charge in [-0.15, -0.1) is 0 Å². The fraction of sp³-hybridized carbons (Fsp3) is 0.750. The normalized spacial score (nSPS) is 10.8. The zero-order valence-electron chi connectivity index (χ0n) is 12.7. The number of nitrogens with zero attached hydrogens (tertiary/aromatic N) is 1. The summed E-state index contributed by atoms with van der Waals surface area (Å²) in [6.45, 7) is 2.25. The molecular formula is C16H28N2O2. The van der Waals surface area contributed by atoms with E-state index in [1.807, 2.05) is 0 Å². The summed E-state index contributed by atoms with van der Waals surface area (Å²) in [5.41, 5.74) is 0.628. The van der Waals surface area contributed by atoms with Crippen LogP contribution in [0.5, 0.6) is 0 Å². The first-order valence-electron chi connectivity index (χ1n) is 7.97. The van der Waals surface area contributed by atoms with Crippen molar-refractivity contribution in [2.75, 3.05) is 0 Å². The van der Waals surface area contributed by atoms with Crippen molar-refractivity contribution in [2.24, 2.45) is 0 Å². The lowest BCUT2D eigenvalue weighted by atomic mass is 10.1. The Morgan fingerprint density at radius 3 is 2.30 bits per heavy atom. The van der Waals surface area contributed by atoms with Crippen LogP contribution in [0.25, 0.3) is 0 Å². The highest BCUT2D eigenvalue weighted by atomic mass is 16.4. The highest BCUT2D eigenvalue weighted by Gasteiger charge is 2.05. The van der Waals surface area contributed by atoms with Gasteiger partial charge in [-0.3, -0.25) is 4.79 Å². The fourth-order valence-corrected chi connectivity index (χ4v) is 2.38. The minimum atomic E-state index is -0.828. The van der Waals surface area contributed by atoms with Crippen molar-refractivity contribution in [3.05, 3.63) is 17.7 Å². The molecule has 1 heterocycles. The number of hydrogen-bond donors (Lipinski definition) is 2. The van der Waals surface area contributed by atoms with E-state index in [1.165, 1.54) is 51.4 Å². The average molecular weight is 280 g/mol. The van der Waals surface area contributed by atoms with Gasteiger partial charge in [0.05, 0.1) is 12.1 Å². The van der Waals surface area contributed by atoms with Gasteiger partial charge >= 0.3 is 5.97 Å². The molecule has 0 unspecified atom stereocenters. The van der Waals surface area contributed by atoms with Crippen LogP contribution in [0.1, 0.15) is 76.2 Å². The number of carbonyl (C=O) groups is 1. The maximum atomic E-state index is 10.6. The molecule has 1 aromatic rings. The number of aromatic amines is 1. The van der Waals surface area contributed by atoms with Gasteiger partial charge in [-0.05, 0) is 6.42 Å². The molecule has 1 rings (SSSR count). The van der Waals surface area contributed by atoms with Gasteiger partial charge in [-0.25, -0.2) is 4.98 Å². The summed E-state index contributed by atoms with van der Waals surface area (Å²) in [6.07, 6.45) is 14.5. The molecule has 0 aliphatic rings. The standard InChI is InChI=1S/C16H28N2O2/c1-2-3-4-5-6-7-8-9-10-11-15-17-13-14(18-15)12-16(19)20/h13H,2-12H2,1H3,(H,17,18)(H,19,20). The number of unbranched alkanes of at least 4 members (excludes halogenated alkanes) is 8. The van der Waals surface area contributed by atoms with Gasteiger partial charge < -0.3 is 10.1 Å². The first kappa shape index (κ1) is 16.7. The van der Waals surface area contributed by atoms with Crippen LogP contribution in [0.3, 0.4) is 0 Å². The number of rotatable bonds is 12. The Balaban J connectivity index is 1.98. The quantitative estimate of drug-likeness (QED) is 0.566. The van der Waals surface area contributed by atoms with E-state index in [0.29, 0.717) is 5.69 Å². The molecule has 0 saturated carbocycles. The smallest absolute Gasteiger partial charge is 0.309 e. The van der Waals surface area contributed by atoms with E-state index >= 15 is 0 Å². The van der Waals surface area contributed by atoms with Crippen LogP contribution in [0.2, 0.25) is 0 Å².